The van der Waals surface area contributed by atoms with Gasteiger partial charge in [-0.25, -0.2) is 12.8 Å². The molecule has 1 atom stereocenters. The highest BCUT2D eigenvalue weighted by atomic mass is 32.2. The van der Waals surface area contributed by atoms with Crippen LogP contribution in [-0.4, -0.2) is 14.3 Å². The largest absolute Gasteiger partial charge is 0.324 e. The van der Waals surface area contributed by atoms with E-state index in [0.717, 1.165) is 5.56 Å². The van der Waals surface area contributed by atoms with Gasteiger partial charge in [0.2, 0.25) is 15.7 Å². The Kier molecular flexibility index (Phi) is 4.36. The predicted molar refractivity (Wildman–Crippen MR) is 102 cm³/mol. The van der Waals surface area contributed by atoms with Crippen LogP contribution in [0.15, 0.2) is 63.7 Å². The van der Waals surface area contributed by atoms with Crippen molar-refractivity contribution in [2.24, 2.45) is 0 Å². The summed E-state index contributed by atoms with van der Waals surface area (Å²) in [5.74, 6) is -1.23. The Balaban J connectivity index is 1.86. The van der Waals surface area contributed by atoms with Crippen LogP contribution >= 0.6 is 11.3 Å². The highest BCUT2D eigenvalue weighted by molar-refractivity contribution is 7.91. The molecule has 0 bridgehead atoms. The molecular formula is C20H16FNO3S2. The molecule has 4 nitrogen and oxygen atoms in total. The van der Waals surface area contributed by atoms with Crippen molar-refractivity contribution >= 4 is 32.8 Å². The molecule has 0 saturated heterocycles. The normalized spacial score (nSPS) is 16.7. The molecule has 4 rings (SSSR count). The van der Waals surface area contributed by atoms with Crippen LogP contribution in [0.25, 0.3) is 0 Å². The third-order valence-corrected chi connectivity index (χ3v) is 7.65. The Labute approximate surface area is 160 Å². The number of rotatable bonds is 3. The number of fused-ring (bicyclic) bond motifs is 1. The number of carbonyl (C=O) groups is 1. The minimum Gasteiger partial charge on any atom is -0.324 e. The summed E-state index contributed by atoms with van der Waals surface area (Å²) in [6.07, 6.45) is 0.0817. The van der Waals surface area contributed by atoms with Crippen LogP contribution in [0.2, 0.25) is 0 Å². The summed E-state index contributed by atoms with van der Waals surface area (Å²) in [6.45, 7) is 1.82. The van der Waals surface area contributed by atoms with Gasteiger partial charge in [0.25, 0.3) is 0 Å². The number of hydrogen-bond acceptors (Lipinski definition) is 4. The lowest BCUT2D eigenvalue weighted by Gasteiger charge is -2.24. The molecule has 0 fully saturated rings. The first kappa shape index (κ1) is 17.9. The smallest absolute Gasteiger partial charge is 0.225 e. The van der Waals surface area contributed by atoms with E-state index in [1.807, 2.05) is 13.0 Å². The van der Waals surface area contributed by atoms with Crippen LogP contribution in [0.3, 0.4) is 0 Å². The second-order valence-corrected chi connectivity index (χ2v) is 9.31. The van der Waals surface area contributed by atoms with Gasteiger partial charge in [-0.2, -0.15) is 0 Å². The van der Waals surface area contributed by atoms with Crippen LogP contribution in [0.1, 0.15) is 28.3 Å². The van der Waals surface area contributed by atoms with Gasteiger partial charge in [0.1, 0.15) is 10.7 Å². The first-order valence-corrected chi connectivity index (χ1v) is 10.7. The zero-order valence-electron chi connectivity index (χ0n) is 14.4. The van der Waals surface area contributed by atoms with Crippen molar-refractivity contribution in [3.05, 3.63) is 75.7 Å². The van der Waals surface area contributed by atoms with Crippen molar-refractivity contribution in [3.63, 3.8) is 0 Å². The summed E-state index contributed by atoms with van der Waals surface area (Å²) in [7, 11) is -3.80. The van der Waals surface area contributed by atoms with E-state index in [4.69, 9.17) is 0 Å². The Morgan fingerprint density at radius 3 is 2.67 bits per heavy atom. The van der Waals surface area contributed by atoms with E-state index in [0.29, 0.717) is 10.4 Å². The van der Waals surface area contributed by atoms with E-state index in [2.05, 4.69) is 5.32 Å². The van der Waals surface area contributed by atoms with E-state index < -0.39 is 21.6 Å². The molecule has 0 aliphatic carbocycles. The summed E-state index contributed by atoms with van der Waals surface area (Å²) in [5.41, 5.74) is 1.49. The van der Waals surface area contributed by atoms with Crippen LogP contribution in [0, 0.1) is 12.7 Å². The molecule has 1 unspecified atom stereocenters. The molecule has 1 N–H and O–H groups in total. The molecule has 7 heteroatoms. The van der Waals surface area contributed by atoms with Gasteiger partial charge < -0.3 is 5.32 Å². The maximum Gasteiger partial charge on any atom is 0.225 e. The molecule has 27 heavy (non-hydrogen) atoms. The molecule has 0 spiro atoms. The van der Waals surface area contributed by atoms with Gasteiger partial charge in [0, 0.05) is 22.6 Å². The number of aryl methyl sites for hydroxylation is 1. The van der Waals surface area contributed by atoms with Crippen LogP contribution in [0.4, 0.5) is 10.1 Å². The van der Waals surface area contributed by atoms with Gasteiger partial charge in [0.05, 0.1) is 10.6 Å². The Bertz CT molecular complexity index is 1150. The average Bonchev–Trinajstić information content (AvgIpc) is 3.06. The molecule has 138 valence electrons. The number of benzene rings is 2. The fourth-order valence-electron chi connectivity index (χ4n) is 3.32. The molecule has 2 heterocycles. The van der Waals surface area contributed by atoms with Crippen molar-refractivity contribution < 1.29 is 17.6 Å². The predicted octanol–water partition coefficient (Wildman–Crippen LogP) is 4.50. The molecular weight excluding hydrogens is 385 g/mol. The number of halogens is 1. The first-order valence-electron chi connectivity index (χ1n) is 8.35. The molecule has 2 aromatic carbocycles. The van der Waals surface area contributed by atoms with Gasteiger partial charge in [-0.1, -0.05) is 30.3 Å². The zero-order chi connectivity index (χ0) is 19.2. The van der Waals surface area contributed by atoms with Gasteiger partial charge in [0.15, 0.2) is 0 Å². The summed E-state index contributed by atoms with van der Waals surface area (Å²) in [4.78, 5) is 13.2. The summed E-state index contributed by atoms with van der Waals surface area (Å²) >= 11 is 1.23. The number of nitrogens with one attached hydrogen (secondary N) is 1. The lowest BCUT2D eigenvalue weighted by Crippen LogP contribution is -2.24. The quantitative estimate of drug-likeness (QED) is 0.703. The highest BCUT2D eigenvalue weighted by Gasteiger charge is 2.35. The van der Waals surface area contributed by atoms with Crippen LogP contribution in [-0.2, 0) is 14.6 Å². The maximum absolute atomic E-state index is 14.3. The zero-order valence-corrected chi connectivity index (χ0v) is 16.0. The van der Waals surface area contributed by atoms with Crippen LogP contribution in [0.5, 0.6) is 0 Å². The van der Waals surface area contributed by atoms with Crippen molar-refractivity contribution in [2.75, 3.05) is 5.32 Å². The Morgan fingerprint density at radius 2 is 1.93 bits per heavy atom. The Morgan fingerprint density at radius 1 is 1.15 bits per heavy atom. The van der Waals surface area contributed by atoms with Crippen LogP contribution < -0.4 is 5.32 Å². The fourth-order valence-corrected chi connectivity index (χ4v) is 6.32. The van der Waals surface area contributed by atoms with E-state index in [1.54, 1.807) is 30.3 Å². The van der Waals surface area contributed by atoms with Gasteiger partial charge in [-0.15, -0.1) is 11.3 Å². The standard InChI is InChI=1S/C20H16FNO3S2/c1-12-5-4-6-13(9-12)27(24,25)17-11-26-20-15(10-18(23)22-19(17)20)14-7-2-3-8-16(14)21/h2-9,11,15H,10H2,1H3,(H,22,23). The lowest BCUT2D eigenvalue weighted by atomic mass is 9.90. The Hall–Kier alpha value is -2.51. The second kappa shape index (κ2) is 6.58. The first-order chi connectivity index (χ1) is 12.9. The molecule has 3 aromatic rings. The van der Waals surface area contributed by atoms with Gasteiger partial charge in [-0.05, 0) is 36.2 Å². The average molecular weight is 401 g/mol. The fraction of sp³-hybridized carbons (Fsp3) is 0.150. The minimum absolute atomic E-state index is 0.0579. The minimum atomic E-state index is -3.80. The summed E-state index contributed by atoms with van der Waals surface area (Å²) in [6, 6.07) is 12.9. The molecule has 1 aliphatic rings. The maximum atomic E-state index is 14.3. The third-order valence-electron chi connectivity index (χ3n) is 4.63. The number of amides is 1. The highest BCUT2D eigenvalue weighted by Crippen LogP contribution is 2.46. The molecule has 1 amide bonds. The number of thiophene rings is 1. The molecule has 0 radical (unpaired) electrons. The number of anilines is 1. The van der Waals surface area contributed by atoms with Crippen molar-refractivity contribution in [3.8, 4) is 0 Å². The van der Waals surface area contributed by atoms with Crippen molar-refractivity contribution in [2.45, 2.75) is 29.1 Å². The van der Waals surface area contributed by atoms with Gasteiger partial charge >= 0.3 is 0 Å². The SMILES string of the molecule is Cc1cccc(S(=O)(=O)c2csc3c2NC(=O)CC3c2ccccc2F)c1. The lowest BCUT2D eigenvalue weighted by molar-refractivity contribution is -0.116. The number of hydrogen-bond donors (Lipinski definition) is 1. The second-order valence-electron chi connectivity index (χ2n) is 6.49. The molecule has 0 saturated carbocycles. The summed E-state index contributed by atoms with van der Waals surface area (Å²) in [5, 5.41) is 4.22. The third kappa shape index (κ3) is 3.07. The number of carbonyl (C=O) groups excluding carboxylic acids is 1. The van der Waals surface area contributed by atoms with E-state index in [9.17, 15) is 17.6 Å². The van der Waals surface area contributed by atoms with E-state index in [1.165, 1.54) is 28.8 Å². The summed E-state index contributed by atoms with van der Waals surface area (Å²) < 4.78 is 40.5. The van der Waals surface area contributed by atoms with E-state index >= 15 is 0 Å². The van der Waals surface area contributed by atoms with Crippen molar-refractivity contribution in [1.82, 2.24) is 0 Å². The topological polar surface area (TPSA) is 63.2 Å². The van der Waals surface area contributed by atoms with E-state index in [-0.39, 0.29) is 27.8 Å². The molecule has 1 aromatic heterocycles. The monoisotopic (exact) mass is 401 g/mol. The van der Waals surface area contributed by atoms with Gasteiger partial charge in [-0.3, -0.25) is 4.79 Å². The molecule has 1 aliphatic heterocycles. The number of sulfone groups is 1. The van der Waals surface area contributed by atoms with Crippen molar-refractivity contribution in [1.29, 1.82) is 0 Å².